The second-order valence-corrected chi connectivity index (χ2v) is 5.98. The average molecular weight is 338 g/mol. The van der Waals surface area contributed by atoms with Gasteiger partial charge in [0.05, 0.1) is 5.57 Å². The lowest BCUT2D eigenvalue weighted by atomic mass is 10.1. The largest absolute Gasteiger partial charge is 0.404 e. The molecule has 0 aliphatic carbocycles. The summed E-state index contributed by atoms with van der Waals surface area (Å²) >= 11 is 0. The van der Waals surface area contributed by atoms with Crippen molar-refractivity contribution < 1.29 is 4.79 Å². The number of amides is 1. The lowest BCUT2D eigenvalue weighted by molar-refractivity contribution is -0.115. The lowest BCUT2D eigenvalue weighted by Gasteiger charge is -2.12. The second-order valence-electron chi connectivity index (χ2n) is 5.98. The van der Waals surface area contributed by atoms with Crippen molar-refractivity contribution >= 4 is 28.8 Å². The van der Waals surface area contributed by atoms with Crippen LogP contribution < -0.4 is 21.7 Å². The number of aromatic nitrogens is 2. The van der Waals surface area contributed by atoms with Crippen molar-refractivity contribution in [2.75, 3.05) is 24.2 Å². The number of nitrogens with zero attached hydrogens (tertiary/aromatic N) is 2. The van der Waals surface area contributed by atoms with Crippen molar-refractivity contribution in [3.8, 4) is 0 Å². The number of nitrogens with two attached hydrogens (primary N) is 1. The fraction of sp³-hybridized carbons (Fsp3) is 0.278. The minimum atomic E-state index is -0.274. The maximum atomic E-state index is 12.4. The average Bonchev–Trinajstić information content (AvgIpc) is 2.58. The number of nitrogens with one attached hydrogen (secondary N) is 3. The van der Waals surface area contributed by atoms with Crippen LogP contribution in [0.25, 0.3) is 5.57 Å². The van der Waals surface area contributed by atoms with Crippen LogP contribution in [-0.2, 0) is 11.2 Å². The van der Waals surface area contributed by atoms with Crippen molar-refractivity contribution in [2.24, 2.45) is 5.73 Å². The van der Waals surface area contributed by atoms with Gasteiger partial charge in [-0.1, -0.05) is 6.07 Å². The van der Waals surface area contributed by atoms with Crippen molar-refractivity contribution in [3.63, 3.8) is 0 Å². The molecule has 2 heterocycles. The lowest BCUT2D eigenvalue weighted by Crippen LogP contribution is -2.27. The minimum absolute atomic E-state index is 0.252. The molecule has 1 aromatic carbocycles. The molecule has 2 aromatic rings. The fourth-order valence-corrected chi connectivity index (χ4v) is 2.83. The van der Waals surface area contributed by atoms with Gasteiger partial charge in [0, 0.05) is 31.5 Å². The molecule has 1 amide bonds. The predicted octanol–water partition coefficient (Wildman–Crippen LogP) is 1.93. The summed E-state index contributed by atoms with van der Waals surface area (Å²) in [6.07, 6.45) is 2.97. The van der Waals surface area contributed by atoms with Gasteiger partial charge in [0.25, 0.3) is 5.91 Å². The molecule has 3 rings (SSSR count). The van der Waals surface area contributed by atoms with E-state index in [1.807, 2.05) is 0 Å². The summed E-state index contributed by atoms with van der Waals surface area (Å²) in [7, 11) is 1.76. The van der Waals surface area contributed by atoms with E-state index in [9.17, 15) is 4.79 Å². The molecule has 7 nitrogen and oxygen atoms in total. The van der Waals surface area contributed by atoms with Gasteiger partial charge in [0.2, 0.25) is 0 Å². The van der Waals surface area contributed by atoms with E-state index in [1.54, 1.807) is 13.1 Å². The number of aryl methyl sites for hydroxylation is 2. The predicted molar refractivity (Wildman–Crippen MR) is 99.5 cm³/mol. The Morgan fingerprint density at radius 2 is 2.08 bits per heavy atom. The maximum Gasteiger partial charge on any atom is 0.256 e. The molecule has 25 heavy (non-hydrogen) atoms. The molecule has 0 radical (unpaired) electrons. The normalized spacial score (nSPS) is 16.1. The van der Waals surface area contributed by atoms with Gasteiger partial charge in [-0.05, 0) is 43.0 Å². The summed E-state index contributed by atoms with van der Waals surface area (Å²) < 4.78 is 0. The highest BCUT2D eigenvalue weighted by Gasteiger charge is 2.17. The zero-order valence-corrected chi connectivity index (χ0v) is 14.4. The van der Waals surface area contributed by atoms with Crippen LogP contribution in [0.15, 0.2) is 30.5 Å². The molecule has 0 saturated heterocycles. The number of fused-ring (bicyclic) bond motifs is 4. The second kappa shape index (κ2) is 7.21. The van der Waals surface area contributed by atoms with Crippen LogP contribution >= 0.6 is 0 Å². The molecule has 1 aromatic heterocycles. The highest BCUT2D eigenvalue weighted by molar-refractivity contribution is 6.18. The van der Waals surface area contributed by atoms with Gasteiger partial charge in [0.15, 0.2) is 5.82 Å². The molecule has 0 atom stereocenters. The van der Waals surface area contributed by atoms with E-state index in [-0.39, 0.29) is 17.3 Å². The zero-order chi connectivity index (χ0) is 17.8. The van der Waals surface area contributed by atoms with Crippen molar-refractivity contribution in [1.82, 2.24) is 15.3 Å². The van der Waals surface area contributed by atoms with E-state index >= 15 is 0 Å². The Labute approximate surface area is 146 Å². The Morgan fingerprint density at radius 3 is 2.84 bits per heavy atom. The molecule has 0 spiro atoms. The van der Waals surface area contributed by atoms with E-state index in [4.69, 9.17) is 5.73 Å². The molecule has 1 aliphatic heterocycles. The molecular formula is C18H22N6O. The number of carbonyl (C=O) groups is 1. The highest BCUT2D eigenvalue weighted by Crippen LogP contribution is 2.23. The number of hydrogen-bond acceptors (Lipinski definition) is 6. The fourth-order valence-electron chi connectivity index (χ4n) is 2.83. The number of rotatable bonds is 1. The van der Waals surface area contributed by atoms with Crippen LogP contribution in [0.3, 0.4) is 0 Å². The van der Waals surface area contributed by atoms with E-state index in [0.717, 1.165) is 18.5 Å². The molecule has 0 saturated carbocycles. The summed E-state index contributed by atoms with van der Waals surface area (Å²) in [5.41, 5.74) is 9.26. The Bertz CT molecular complexity index is 830. The monoisotopic (exact) mass is 338 g/mol. The minimum Gasteiger partial charge on any atom is -0.404 e. The molecule has 7 heteroatoms. The first kappa shape index (κ1) is 16.8. The molecule has 0 fully saturated rings. The van der Waals surface area contributed by atoms with Gasteiger partial charge in [-0.25, -0.2) is 9.97 Å². The van der Waals surface area contributed by atoms with Gasteiger partial charge in [-0.15, -0.1) is 0 Å². The summed E-state index contributed by atoms with van der Waals surface area (Å²) in [4.78, 5) is 21.2. The summed E-state index contributed by atoms with van der Waals surface area (Å²) in [6, 6.07) is 8.11. The van der Waals surface area contributed by atoms with Gasteiger partial charge in [-0.3, -0.25) is 4.79 Å². The van der Waals surface area contributed by atoms with Crippen molar-refractivity contribution in [1.29, 1.82) is 0 Å². The van der Waals surface area contributed by atoms with E-state index in [0.29, 0.717) is 18.2 Å². The van der Waals surface area contributed by atoms with Crippen LogP contribution in [0.1, 0.15) is 23.4 Å². The quantitative estimate of drug-likeness (QED) is 0.592. The topological polar surface area (TPSA) is 105 Å². The Kier molecular flexibility index (Phi) is 4.83. The van der Waals surface area contributed by atoms with Crippen LogP contribution in [0.5, 0.6) is 0 Å². The highest BCUT2D eigenvalue weighted by atomic mass is 16.1. The molecule has 0 unspecified atom stereocenters. The van der Waals surface area contributed by atoms with Crippen LogP contribution in [-0.4, -0.2) is 29.5 Å². The third-order valence-electron chi connectivity index (χ3n) is 3.97. The number of carbonyl (C=O) groups excluding carboxylic acids is 1. The Hall–Kier alpha value is -3.09. The molecule has 4 bridgehead atoms. The number of anilines is 3. The van der Waals surface area contributed by atoms with Crippen LogP contribution in [0.4, 0.5) is 17.3 Å². The zero-order valence-electron chi connectivity index (χ0n) is 14.4. The van der Waals surface area contributed by atoms with Gasteiger partial charge in [-0.2, -0.15) is 0 Å². The van der Waals surface area contributed by atoms with Gasteiger partial charge >= 0.3 is 0 Å². The van der Waals surface area contributed by atoms with Crippen molar-refractivity contribution in [2.45, 2.75) is 19.8 Å². The summed E-state index contributed by atoms with van der Waals surface area (Å²) in [5.74, 6) is 1.20. The van der Waals surface area contributed by atoms with E-state index in [1.165, 1.54) is 17.3 Å². The standard InChI is InChI=1S/C18H22N6O/c1-11-6-12-4-3-5-21-18(25)14(10-19)17-23-15(20-2)9-16(24-17)22-13(7-11)8-12/h6-10H,3-5,19H2,1-2H3,(H,21,25)(H2,20,22,23,24). The van der Waals surface area contributed by atoms with Gasteiger partial charge < -0.3 is 21.7 Å². The molecule has 5 N–H and O–H groups in total. The van der Waals surface area contributed by atoms with Crippen molar-refractivity contribution in [3.05, 3.63) is 47.4 Å². The third kappa shape index (κ3) is 3.88. The third-order valence-corrected chi connectivity index (χ3v) is 3.97. The molecular weight excluding hydrogens is 316 g/mol. The van der Waals surface area contributed by atoms with Crippen LogP contribution in [0.2, 0.25) is 0 Å². The first-order chi connectivity index (χ1) is 12.1. The summed E-state index contributed by atoms with van der Waals surface area (Å²) in [6.45, 7) is 2.62. The number of benzene rings is 1. The number of hydrogen-bond donors (Lipinski definition) is 4. The SMILES string of the molecule is CNc1cc2nc(n1)C(=CN)C(=O)NCCCc1cc(C)cc(c1)N2. The van der Waals surface area contributed by atoms with Crippen LogP contribution in [0, 0.1) is 6.92 Å². The smallest absolute Gasteiger partial charge is 0.256 e. The molecule has 1 aliphatic rings. The molecule has 130 valence electrons. The van der Waals surface area contributed by atoms with E-state index < -0.39 is 0 Å². The Balaban J connectivity index is 2.10. The Morgan fingerprint density at radius 1 is 1.24 bits per heavy atom. The van der Waals surface area contributed by atoms with E-state index in [2.05, 4.69) is 51.0 Å². The maximum absolute atomic E-state index is 12.4. The first-order valence-electron chi connectivity index (χ1n) is 8.24. The van der Waals surface area contributed by atoms with Gasteiger partial charge in [0.1, 0.15) is 11.6 Å². The summed E-state index contributed by atoms with van der Waals surface area (Å²) in [5, 5.41) is 9.18. The first-order valence-corrected chi connectivity index (χ1v) is 8.24.